The molecule has 1 amide bonds. The fourth-order valence-corrected chi connectivity index (χ4v) is 3.33. The molecule has 1 aliphatic heterocycles. The molecular formula is C21H25NO3. The van der Waals surface area contributed by atoms with Crippen molar-refractivity contribution in [1.29, 1.82) is 0 Å². The second-order valence-corrected chi connectivity index (χ2v) is 6.54. The second-order valence-electron chi connectivity index (χ2n) is 6.54. The van der Waals surface area contributed by atoms with Gasteiger partial charge in [0.25, 0.3) is 5.91 Å². The molecule has 2 unspecified atom stereocenters. The van der Waals surface area contributed by atoms with Crippen LogP contribution in [0.3, 0.4) is 0 Å². The van der Waals surface area contributed by atoms with Crippen LogP contribution in [-0.2, 0) is 4.79 Å². The Morgan fingerprint density at radius 2 is 1.92 bits per heavy atom. The molecule has 0 saturated carbocycles. The molecule has 2 aromatic rings. The molecule has 2 aromatic carbocycles. The van der Waals surface area contributed by atoms with Gasteiger partial charge in [0.1, 0.15) is 11.5 Å². The van der Waals surface area contributed by atoms with E-state index in [-0.39, 0.29) is 11.9 Å². The SMILES string of the molecule is COc1cccc(C2CCCN2C(=O)C(C)Oc2ccc(C)cc2)c1. The summed E-state index contributed by atoms with van der Waals surface area (Å²) in [4.78, 5) is 14.9. The van der Waals surface area contributed by atoms with Crippen molar-refractivity contribution in [2.24, 2.45) is 0 Å². The summed E-state index contributed by atoms with van der Waals surface area (Å²) in [6.45, 7) is 4.62. The molecule has 132 valence electrons. The van der Waals surface area contributed by atoms with Gasteiger partial charge in [-0.05, 0) is 56.5 Å². The number of ether oxygens (including phenoxy) is 2. The Morgan fingerprint density at radius 3 is 2.64 bits per heavy atom. The molecule has 0 aromatic heterocycles. The molecule has 4 nitrogen and oxygen atoms in total. The minimum Gasteiger partial charge on any atom is -0.497 e. The summed E-state index contributed by atoms with van der Waals surface area (Å²) in [6.07, 6.45) is 1.47. The van der Waals surface area contributed by atoms with Crippen molar-refractivity contribution in [3.63, 3.8) is 0 Å². The molecule has 4 heteroatoms. The first kappa shape index (κ1) is 17.3. The normalized spacial score (nSPS) is 18.0. The van der Waals surface area contributed by atoms with Gasteiger partial charge < -0.3 is 14.4 Å². The predicted molar refractivity (Wildman–Crippen MR) is 98.0 cm³/mol. The summed E-state index contributed by atoms with van der Waals surface area (Å²) < 4.78 is 11.2. The predicted octanol–water partition coefficient (Wildman–Crippen LogP) is 4.13. The summed E-state index contributed by atoms with van der Waals surface area (Å²) >= 11 is 0. The number of hydrogen-bond acceptors (Lipinski definition) is 3. The van der Waals surface area contributed by atoms with Crippen molar-refractivity contribution in [3.05, 3.63) is 59.7 Å². The molecule has 0 spiro atoms. The third-order valence-electron chi connectivity index (χ3n) is 4.70. The third-order valence-corrected chi connectivity index (χ3v) is 4.70. The minimum absolute atomic E-state index is 0.0332. The Labute approximate surface area is 149 Å². The summed E-state index contributed by atoms with van der Waals surface area (Å²) in [7, 11) is 1.66. The van der Waals surface area contributed by atoms with Crippen LogP contribution >= 0.6 is 0 Å². The molecule has 1 fully saturated rings. The van der Waals surface area contributed by atoms with Gasteiger partial charge in [0.2, 0.25) is 0 Å². The molecule has 1 saturated heterocycles. The summed E-state index contributed by atoms with van der Waals surface area (Å²) in [5.41, 5.74) is 2.29. The van der Waals surface area contributed by atoms with Gasteiger partial charge in [0, 0.05) is 6.54 Å². The van der Waals surface area contributed by atoms with Crippen LogP contribution in [0.2, 0.25) is 0 Å². The number of methoxy groups -OCH3 is 1. The van der Waals surface area contributed by atoms with Crippen LogP contribution in [0.15, 0.2) is 48.5 Å². The number of nitrogens with zero attached hydrogens (tertiary/aromatic N) is 1. The number of aryl methyl sites for hydroxylation is 1. The zero-order valence-electron chi connectivity index (χ0n) is 15.1. The van der Waals surface area contributed by atoms with E-state index in [4.69, 9.17) is 9.47 Å². The lowest BCUT2D eigenvalue weighted by Gasteiger charge is -2.28. The summed E-state index contributed by atoms with van der Waals surface area (Å²) in [6, 6.07) is 15.8. The highest BCUT2D eigenvalue weighted by Gasteiger charge is 2.33. The largest absolute Gasteiger partial charge is 0.497 e. The monoisotopic (exact) mass is 339 g/mol. The zero-order valence-corrected chi connectivity index (χ0v) is 15.1. The Bertz CT molecular complexity index is 726. The Kier molecular flexibility index (Phi) is 5.27. The van der Waals surface area contributed by atoms with E-state index >= 15 is 0 Å². The van der Waals surface area contributed by atoms with Crippen LogP contribution in [0.4, 0.5) is 0 Å². The number of likely N-dealkylation sites (tertiary alicyclic amines) is 1. The van der Waals surface area contributed by atoms with E-state index in [2.05, 4.69) is 6.07 Å². The van der Waals surface area contributed by atoms with E-state index in [1.807, 2.05) is 61.2 Å². The highest BCUT2D eigenvalue weighted by molar-refractivity contribution is 5.81. The van der Waals surface area contributed by atoms with E-state index in [9.17, 15) is 4.79 Å². The van der Waals surface area contributed by atoms with Crippen molar-refractivity contribution >= 4 is 5.91 Å². The van der Waals surface area contributed by atoms with E-state index in [1.165, 1.54) is 5.56 Å². The number of benzene rings is 2. The molecule has 1 heterocycles. The first-order valence-electron chi connectivity index (χ1n) is 8.76. The number of carbonyl (C=O) groups is 1. The molecule has 0 N–H and O–H groups in total. The van der Waals surface area contributed by atoms with Crippen LogP contribution in [-0.4, -0.2) is 30.6 Å². The lowest BCUT2D eigenvalue weighted by atomic mass is 10.0. The maximum atomic E-state index is 12.9. The average Bonchev–Trinajstić information content (AvgIpc) is 3.12. The molecule has 25 heavy (non-hydrogen) atoms. The van der Waals surface area contributed by atoms with Gasteiger partial charge >= 0.3 is 0 Å². The first-order valence-corrected chi connectivity index (χ1v) is 8.76. The summed E-state index contributed by atoms with van der Waals surface area (Å²) in [5, 5.41) is 0. The smallest absolute Gasteiger partial charge is 0.263 e. The second kappa shape index (κ2) is 7.60. The molecule has 0 bridgehead atoms. The topological polar surface area (TPSA) is 38.8 Å². The van der Waals surface area contributed by atoms with Gasteiger partial charge in [-0.25, -0.2) is 0 Å². The molecule has 0 aliphatic carbocycles. The molecule has 3 rings (SSSR count). The van der Waals surface area contributed by atoms with Gasteiger partial charge in [0.15, 0.2) is 6.10 Å². The first-order chi connectivity index (χ1) is 12.1. The van der Waals surface area contributed by atoms with Crippen molar-refractivity contribution in [3.8, 4) is 11.5 Å². The quantitative estimate of drug-likeness (QED) is 0.822. The van der Waals surface area contributed by atoms with Crippen LogP contribution in [0, 0.1) is 6.92 Å². The zero-order chi connectivity index (χ0) is 17.8. The van der Waals surface area contributed by atoms with Crippen molar-refractivity contribution < 1.29 is 14.3 Å². The van der Waals surface area contributed by atoms with Gasteiger partial charge in [-0.1, -0.05) is 29.8 Å². The van der Waals surface area contributed by atoms with Gasteiger partial charge in [0.05, 0.1) is 13.2 Å². The van der Waals surface area contributed by atoms with Crippen LogP contribution in [0.5, 0.6) is 11.5 Å². The number of hydrogen-bond donors (Lipinski definition) is 0. The average molecular weight is 339 g/mol. The Hall–Kier alpha value is -2.49. The standard InChI is InChI=1S/C21H25NO3/c1-15-9-11-18(12-10-15)25-16(2)21(23)22-13-5-8-20(22)17-6-4-7-19(14-17)24-3/h4,6-7,9-12,14,16,20H,5,8,13H2,1-3H3. The van der Waals surface area contributed by atoms with E-state index in [1.54, 1.807) is 7.11 Å². The molecule has 1 aliphatic rings. The minimum atomic E-state index is -0.506. The van der Waals surface area contributed by atoms with E-state index < -0.39 is 6.10 Å². The van der Waals surface area contributed by atoms with E-state index in [0.717, 1.165) is 36.4 Å². The van der Waals surface area contributed by atoms with Gasteiger partial charge in [-0.3, -0.25) is 4.79 Å². The van der Waals surface area contributed by atoms with Crippen LogP contribution in [0.25, 0.3) is 0 Å². The number of rotatable bonds is 5. The third kappa shape index (κ3) is 3.95. The number of amides is 1. The maximum absolute atomic E-state index is 12.9. The Morgan fingerprint density at radius 1 is 1.16 bits per heavy atom. The van der Waals surface area contributed by atoms with Crippen molar-refractivity contribution in [2.75, 3.05) is 13.7 Å². The molecule has 2 atom stereocenters. The fourth-order valence-electron chi connectivity index (χ4n) is 3.33. The van der Waals surface area contributed by atoms with Crippen molar-refractivity contribution in [1.82, 2.24) is 4.90 Å². The molecule has 0 radical (unpaired) electrons. The highest BCUT2D eigenvalue weighted by Crippen LogP contribution is 2.34. The lowest BCUT2D eigenvalue weighted by molar-refractivity contribution is -0.138. The van der Waals surface area contributed by atoms with Crippen LogP contribution in [0.1, 0.15) is 36.9 Å². The Balaban J connectivity index is 1.72. The molecular weight excluding hydrogens is 314 g/mol. The number of carbonyl (C=O) groups excluding carboxylic acids is 1. The lowest BCUT2D eigenvalue weighted by Crippen LogP contribution is -2.40. The van der Waals surface area contributed by atoms with E-state index in [0.29, 0.717) is 0 Å². The van der Waals surface area contributed by atoms with Gasteiger partial charge in [-0.15, -0.1) is 0 Å². The fraction of sp³-hybridized carbons (Fsp3) is 0.381. The van der Waals surface area contributed by atoms with Crippen LogP contribution < -0.4 is 9.47 Å². The summed E-state index contributed by atoms with van der Waals surface area (Å²) in [5.74, 6) is 1.58. The van der Waals surface area contributed by atoms with Crippen molar-refractivity contribution in [2.45, 2.75) is 38.8 Å². The van der Waals surface area contributed by atoms with Gasteiger partial charge in [-0.2, -0.15) is 0 Å². The maximum Gasteiger partial charge on any atom is 0.263 e. The highest BCUT2D eigenvalue weighted by atomic mass is 16.5.